The van der Waals surface area contributed by atoms with Gasteiger partial charge in [0.2, 0.25) is 5.91 Å². The number of carbonyl (C=O) groups excluding carboxylic acids is 1. The summed E-state index contributed by atoms with van der Waals surface area (Å²) in [6.45, 7) is 7.07. The Labute approximate surface area is 121 Å². The molecule has 0 aromatic carbocycles. The van der Waals surface area contributed by atoms with Crippen LogP contribution in [0, 0.1) is 12.8 Å². The smallest absolute Gasteiger partial charge is 0.222 e. The van der Waals surface area contributed by atoms with Crippen LogP contribution in [0.2, 0.25) is 0 Å². The van der Waals surface area contributed by atoms with E-state index in [1.54, 1.807) is 0 Å². The highest BCUT2D eigenvalue weighted by Gasteiger charge is 2.30. The number of aromatic nitrogens is 2. The largest absolute Gasteiger partial charge is 0.343 e. The van der Waals surface area contributed by atoms with E-state index in [2.05, 4.69) is 16.5 Å². The minimum Gasteiger partial charge on any atom is -0.343 e. The predicted molar refractivity (Wildman–Crippen MR) is 78.5 cm³/mol. The molecule has 0 atom stereocenters. The fraction of sp³-hybridized carbons (Fsp3) is 0.750. The number of aryl methyl sites for hydroxylation is 1. The summed E-state index contributed by atoms with van der Waals surface area (Å²) in [5.74, 6) is 3.02. The first-order valence-corrected chi connectivity index (χ1v) is 7.98. The molecule has 2 aliphatic rings. The van der Waals surface area contributed by atoms with Gasteiger partial charge in [-0.1, -0.05) is 6.92 Å². The fourth-order valence-electron chi connectivity index (χ4n) is 3.23. The van der Waals surface area contributed by atoms with E-state index in [9.17, 15) is 4.79 Å². The van der Waals surface area contributed by atoms with E-state index in [4.69, 9.17) is 0 Å². The lowest BCUT2D eigenvalue weighted by molar-refractivity contribution is -0.132. The zero-order valence-corrected chi connectivity index (χ0v) is 12.6. The van der Waals surface area contributed by atoms with Gasteiger partial charge in [0.25, 0.3) is 0 Å². The van der Waals surface area contributed by atoms with E-state index in [0.29, 0.717) is 24.2 Å². The summed E-state index contributed by atoms with van der Waals surface area (Å²) in [5.41, 5.74) is 1.29. The molecule has 1 aromatic heterocycles. The number of imidazole rings is 1. The predicted octanol–water partition coefficient (Wildman–Crippen LogP) is 2.72. The minimum absolute atomic E-state index is 0.306. The zero-order chi connectivity index (χ0) is 14.1. The third kappa shape index (κ3) is 2.74. The molecular formula is C16H25N3O. The minimum atomic E-state index is 0.306. The Bertz CT molecular complexity index is 482. The van der Waals surface area contributed by atoms with Crippen molar-refractivity contribution in [1.82, 2.24) is 14.5 Å². The molecular weight excluding hydrogens is 250 g/mol. The van der Waals surface area contributed by atoms with E-state index in [0.717, 1.165) is 32.5 Å². The van der Waals surface area contributed by atoms with Crippen molar-refractivity contribution < 1.29 is 4.79 Å². The Balaban J connectivity index is 1.60. The summed E-state index contributed by atoms with van der Waals surface area (Å²) in [6.07, 6.45) is 7.53. The van der Waals surface area contributed by atoms with Crippen molar-refractivity contribution in [1.29, 1.82) is 0 Å². The SMILES string of the molecule is CCC(=O)N1CCC(Cn2c(C)cnc2C2CC2)CC1. The second-order valence-electron chi connectivity index (χ2n) is 6.32. The normalized spacial score (nSPS) is 20.4. The second-order valence-corrected chi connectivity index (χ2v) is 6.32. The maximum atomic E-state index is 11.7. The first-order chi connectivity index (χ1) is 9.69. The topological polar surface area (TPSA) is 38.1 Å². The lowest BCUT2D eigenvalue weighted by Crippen LogP contribution is -2.39. The summed E-state index contributed by atoms with van der Waals surface area (Å²) < 4.78 is 2.43. The zero-order valence-electron chi connectivity index (χ0n) is 12.6. The molecule has 20 heavy (non-hydrogen) atoms. The number of hydrogen-bond donors (Lipinski definition) is 0. The highest BCUT2D eigenvalue weighted by atomic mass is 16.2. The first-order valence-electron chi connectivity index (χ1n) is 7.98. The van der Waals surface area contributed by atoms with E-state index in [-0.39, 0.29) is 0 Å². The molecule has 110 valence electrons. The molecule has 1 amide bonds. The molecule has 4 heteroatoms. The average Bonchev–Trinajstić information content (AvgIpc) is 3.25. The molecule has 1 aliphatic carbocycles. The maximum Gasteiger partial charge on any atom is 0.222 e. The van der Waals surface area contributed by atoms with Gasteiger partial charge in [-0.2, -0.15) is 0 Å². The Hall–Kier alpha value is -1.32. The highest BCUT2D eigenvalue weighted by molar-refractivity contribution is 5.75. The van der Waals surface area contributed by atoms with Crippen molar-refractivity contribution >= 4 is 5.91 Å². The van der Waals surface area contributed by atoms with Crippen molar-refractivity contribution in [2.75, 3.05) is 13.1 Å². The van der Waals surface area contributed by atoms with Crippen LogP contribution in [0.3, 0.4) is 0 Å². The third-order valence-corrected chi connectivity index (χ3v) is 4.74. The van der Waals surface area contributed by atoms with Gasteiger partial charge in [0, 0.05) is 43.9 Å². The molecule has 0 spiro atoms. The highest BCUT2D eigenvalue weighted by Crippen LogP contribution is 2.40. The van der Waals surface area contributed by atoms with Crippen molar-refractivity contribution in [2.45, 2.75) is 58.4 Å². The molecule has 0 bridgehead atoms. The Morgan fingerprint density at radius 1 is 1.30 bits per heavy atom. The average molecular weight is 275 g/mol. The molecule has 1 saturated carbocycles. The van der Waals surface area contributed by atoms with Crippen LogP contribution in [0.4, 0.5) is 0 Å². The van der Waals surface area contributed by atoms with Gasteiger partial charge in [0.15, 0.2) is 0 Å². The van der Waals surface area contributed by atoms with Gasteiger partial charge in [-0.25, -0.2) is 4.98 Å². The molecule has 4 nitrogen and oxygen atoms in total. The number of nitrogens with zero attached hydrogens (tertiary/aromatic N) is 3. The van der Waals surface area contributed by atoms with Crippen LogP contribution in [-0.2, 0) is 11.3 Å². The molecule has 2 heterocycles. The van der Waals surface area contributed by atoms with Crippen LogP contribution in [0.1, 0.15) is 56.5 Å². The standard InChI is InChI=1S/C16H25N3O/c1-3-15(20)18-8-6-13(7-9-18)11-19-12(2)10-17-16(19)14-4-5-14/h10,13-14H,3-9,11H2,1-2H3. The van der Waals surface area contributed by atoms with Crippen LogP contribution >= 0.6 is 0 Å². The van der Waals surface area contributed by atoms with Gasteiger partial charge in [-0.15, -0.1) is 0 Å². The number of hydrogen-bond acceptors (Lipinski definition) is 2. The maximum absolute atomic E-state index is 11.7. The quantitative estimate of drug-likeness (QED) is 0.847. The third-order valence-electron chi connectivity index (χ3n) is 4.74. The summed E-state index contributed by atoms with van der Waals surface area (Å²) in [7, 11) is 0. The van der Waals surface area contributed by atoms with Crippen molar-refractivity contribution in [3.05, 3.63) is 17.7 Å². The van der Waals surface area contributed by atoms with E-state index >= 15 is 0 Å². The Morgan fingerprint density at radius 3 is 2.60 bits per heavy atom. The van der Waals surface area contributed by atoms with Crippen LogP contribution in [0.5, 0.6) is 0 Å². The second kappa shape index (κ2) is 5.58. The Kier molecular flexibility index (Phi) is 3.81. The number of piperidine rings is 1. The summed E-state index contributed by atoms with van der Waals surface area (Å²) in [6, 6.07) is 0. The van der Waals surface area contributed by atoms with Gasteiger partial charge >= 0.3 is 0 Å². The molecule has 3 rings (SSSR count). The van der Waals surface area contributed by atoms with Crippen molar-refractivity contribution in [3.63, 3.8) is 0 Å². The molecule has 1 saturated heterocycles. The van der Waals surface area contributed by atoms with Crippen LogP contribution in [0.25, 0.3) is 0 Å². The fourth-order valence-corrected chi connectivity index (χ4v) is 3.23. The van der Waals surface area contributed by atoms with Gasteiger partial charge < -0.3 is 9.47 Å². The first kappa shape index (κ1) is 13.7. The van der Waals surface area contributed by atoms with Gasteiger partial charge in [-0.3, -0.25) is 4.79 Å². The number of likely N-dealkylation sites (tertiary alicyclic amines) is 1. The van der Waals surface area contributed by atoms with Gasteiger partial charge in [0.05, 0.1) is 0 Å². The van der Waals surface area contributed by atoms with E-state index in [1.807, 2.05) is 18.0 Å². The van der Waals surface area contributed by atoms with Gasteiger partial charge in [-0.05, 0) is 38.5 Å². The number of amides is 1. The lowest BCUT2D eigenvalue weighted by atomic mass is 9.96. The van der Waals surface area contributed by atoms with Gasteiger partial charge in [0.1, 0.15) is 5.82 Å². The summed E-state index contributed by atoms with van der Waals surface area (Å²) >= 11 is 0. The molecule has 1 aliphatic heterocycles. The molecule has 0 unspecified atom stereocenters. The Morgan fingerprint density at radius 2 is 2.00 bits per heavy atom. The summed E-state index contributed by atoms with van der Waals surface area (Å²) in [4.78, 5) is 18.3. The number of carbonyl (C=O) groups is 1. The van der Waals surface area contributed by atoms with Crippen LogP contribution < -0.4 is 0 Å². The van der Waals surface area contributed by atoms with Crippen LogP contribution in [0.15, 0.2) is 6.20 Å². The number of rotatable bonds is 4. The lowest BCUT2D eigenvalue weighted by Gasteiger charge is -2.32. The molecule has 0 radical (unpaired) electrons. The monoisotopic (exact) mass is 275 g/mol. The van der Waals surface area contributed by atoms with E-state index < -0.39 is 0 Å². The van der Waals surface area contributed by atoms with Crippen LogP contribution in [-0.4, -0.2) is 33.4 Å². The molecule has 2 fully saturated rings. The van der Waals surface area contributed by atoms with Crippen molar-refractivity contribution in [2.24, 2.45) is 5.92 Å². The summed E-state index contributed by atoms with van der Waals surface area (Å²) in [5, 5.41) is 0. The van der Waals surface area contributed by atoms with E-state index in [1.165, 1.54) is 24.4 Å². The van der Waals surface area contributed by atoms with Crippen molar-refractivity contribution in [3.8, 4) is 0 Å². The molecule has 1 aromatic rings. The molecule has 0 N–H and O–H groups in total.